The average Bonchev–Trinajstić information content (AvgIpc) is 3.11. The number of rotatable bonds is 3. The van der Waals surface area contributed by atoms with Gasteiger partial charge in [0.2, 0.25) is 5.91 Å². The second kappa shape index (κ2) is 5.31. The molecule has 0 unspecified atom stereocenters. The van der Waals surface area contributed by atoms with Crippen LogP contribution in [0.5, 0.6) is 0 Å². The van der Waals surface area contributed by atoms with Crippen molar-refractivity contribution in [3.63, 3.8) is 0 Å². The lowest BCUT2D eigenvalue weighted by molar-refractivity contribution is -0.313. The molecule has 120 valence electrons. The summed E-state index contributed by atoms with van der Waals surface area (Å²) >= 11 is 1.35. The Morgan fingerprint density at radius 1 is 1.32 bits per heavy atom. The van der Waals surface area contributed by atoms with Crippen molar-refractivity contribution >= 4 is 28.3 Å². The van der Waals surface area contributed by atoms with Crippen LogP contribution in [0.25, 0.3) is 0 Å². The van der Waals surface area contributed by atoms with E-state index in [1.54, 1.807) is 0 Å². The van der Waals surface area contributed by atoms with Crippen molar-refractivity contribution in [1.29, 1.82) is 0 Å². The molecule has 1 N–H and O–H groups in total. The summed E-state index contributed by atoms with van der Waals surface area (Å²) in [5.41, 5.74) is 0.802. The van der Waals surface area contributed by atoms with Crippen LogP contribution >= 0.6 is 11.3 Å². The molecule has 2 saturated heterocycles. The standard InChI is InChI=1S/C15H20N2O4S/c1-15(2,3)9-6-22-14(16-9)17-12(18)10-7-4-5-8(21-7)11(10)13(19)20/h6-8,10-11H,4-5H2,1-3H3,(H,19,20)(H,16,17,18)/p-1/t7-,8+,10+,11-/m0/s1. The van der Waals surface area contributed by atoms with Gasteiger partial charge in [0.05, 0.1) is 23.8 Å². The van der Waals surface area contributed by atoms with Gasteiger partial charge >= 0.3 is 0 Å². The second-order valence-electron chi connectivity index (χ2n) is 6.94. The van der Waals surface area contributed by atoms with Crippen molar-refractivity contribution in [2.24, 2.45) is 11.8 Å². The molecule has 3 rings (SSSR count). The van der Waals surface area contributed by atoms with E-state index < -0.39 is 23.9 Å². The Labute approximate surface area is 132 Å². The lowest BCUT2D eigenvalue weighted by Gasteiger charge is -2.27. The van der Waals surface area contributed by atoms with Gasteiger partial charge in [-0.05, 0) is 12.8 Å². The number of nitrogens with one attached hydrogen (secondary N) is 1. The largest absolute Gasteiger partial charge is 0.550 e. The molecule has 1 aromatic rings. The SMILES string of the molecule is CC(C)(C)c1csc(NC(=O)[C@H]2[C@@H](C(=O)[O-])[C@H]3CC[C@@H]2O3)n1. The van der Waals surface area contributed by atoms with Gasteiger partial charge in [-0.2, -0.15) is 0 Å². The fraction of sp³-hybridized carbons (Fsp3) is 0.667. The van der Waals surface area contributed by atoms with Crippen LogP contribution < -0.4 is 10.4 Å². The van der Waals surface area contributed by atoms with Gasteiger partial charge in [0.15, 0.2) is 5.13 Å². The zero-order valence-corrected chi connectivity index (χ0v) is 13.6. The summed E-state index contributed by atoms with van der Waals surface area (Å²) in [6, 6.07) is 0. The van der Waals surface area contributed by atoms with E-state index in [-0.39, 0.29) is 17.4 Å². The number of hydrogen-bond acceptors (Lipinski definition) is 6. The second-order valence-corrected chi connectivity index (χ2v) is 7.80. The Morgan fingerprint density at radius 3 is 2.50 bits per heavy atom. The highest BCUT2D eigenvalue weighted by Crippen LogP contribution is 2.43. The number of hydrogen-bond donors (Lipinski definition) is 1. The molecular formula is C15H19N2O4S-. The van der Waals surface area contributed by atoms with Crippen LogP contribution in [0.3, 0.4) is 0 Å². The van der Waals surface area contributed by atoms with E-state index in [2.05, 4.69) is 10.3 Å². The number of carbonyl (C=O) groups is 2. The van der Waals surface area contributed by atoms with Crippen molar-refractivity contribution in [2.75, 3.05) is 5.32 Å². The quantitative estimate of drug-likeness (QED) is 0.893. The van der Waals surface area contributed by atoms with Crippen LogP contribution in [-0.2, 0) is 19.7 Å². The van der Waals surface area contributed by atoms with E-state index in [1.807, 2.05) is 26.2 Å². The first-order valence-electron chi connectivity index (χ1n) is 7.40. The molecule has 7 heteroatoms. The van der Waals surface area contributed by atoms with Crippen molar-refractivity contribution in [3.05, 3.63) is 11.1 Å². The normalized spacial score (nSPS) is 30.5. The third kappa shape index (κ3) is 2.63. The predicted molar refractivity (Wildman–Crippen MR) is 79.3 cm³/mol. The number of aromatic nitrogens is 1. The molecule has 0 spiro atoms. The smallest absolute Gasteiger partial charge is 0.232 e. The minimum absolute atomic E-state index is 0.0947. The van der Waals surface area contributed by atoms with E-state index in [1.165, 1.54) is 11.3 Å². The molecule has 2 bridgehead atoms. The monoisotopic (exact) mass is 323 g/mol. The van der Waals surface area contributed by atoms with Crippen LogP contribution in [0.2, 0.25) is 0 Å². The van der Waals surface area contributed by atoms with Crippen LogP contribution in [0.15, 0.2) is 5.38 Å². The topological polar surface area (TPSA) is 91.4 Å². The molecule has 2 aliphatic heterocycles. The molecule has 0 aromatic carbocycles. The molecule has 1 aromatic heterocycles. The molecule has 22 heavy (non-hydrogen) atoms. The first-order valence-corrected chi connectivity index (χ1v) is 8.28. The number of carboxylic acid groups (broad SMARTS) is 1. The Kier molecular flexibility index (Phi) is 3.72. The predicted octanol–water partition coefficient (Wildman–Crippen LogP) is 0.923. The van der Waals surface area contributed by atoms with E-state index >= 15 is 0 Å². The highest BCUT2D eigenvalue weighted by Gasteiger charge is 2.52. The van der Waals surface area contributed by atoms with Crippen molar-refractivity contribution in [3.8, 4) is 0 Å². The summed E-state index contributed by atoms with van der Waals surface area (Å²) in [5.74, 6) is -3.09. The highest BCUT2D eigenvalue weighted by atomic mass is 32.1. The summed E-state index contributed by atoms with van der Waals surface area (Å²) < 4.78 is 5.58. The third-order valence-electron chi connectivity index (χ3n) is 4.35. The fourth-order valence-corrected chi connectivity index (χ4v) is 4.11. The van der Waals surface area contributed by atoms with Crippen LogP contribution in [0.1, 0.15) is 39.3 Å². The number of amides is 1. The molecule has 2 aliphatic rings. The minimum atomic E-state index is -1.21. The van der Waals surface area contributed by atoms with Crippen LogP contribution in [0, 0.1) is 11.8 Å². The van der Waals surface area contributed by atoms with Gasteiger partial charge in [-0.25, -0.2) is 4.98 Å². The van der Waals surface area contributed by atoms with Gasteiger partial charge in [0.25, 0.3) is 0 Å². The number of carboxylic acids is 1. The molecule has 4 atom stereocenters. The van der Waals surface area contributed by atoms with Gasteiger partial charge in [-0.1, -0.05) is 20.8 Å². The number of fused-ring (bicyclic) bond motifs is 2. The number of anilines is 1. The maximum atomic E-state index is 12.5. The maximum absolute atomic E-state index is 12.5. The first kappa shape index (κ1) is 15.4. The van der Waals surface area contributed by atoms with Crippen LogP contribution in [0.4, 0.5) is 5.13 Å². The molecule has 0 aliphatic carbocycles. The fourth-order valence-electron chi connectivity index (χ4n) is 3.17. The molecule has 0 saturated carbocycles. The Bertz CT molecular complexity index is 607. The summed E-state index contributed by atoms with van der Waals surface area (Å²) in [4.78, 5) is 28.2. The molecule has 6 nitrogen and oxygen atoms in total. The van der Waals surface area contributed by atoms with Gasteiger partial charge < -0.3 is 20.0 Å². The molecule has 3 heterocycles. The zero-order chi connectivity index (χ0) is 16.1. The lowest BCUT2D eigenvalue weighted by Crippen LogP contribution is -2.46. The van der Waals surface area contributed by atoms with E-state index in [0.29, 0.717) is 11.6 Å². The number of ether oxygens (including phenoxy) is 1. The third-order valence-corrected chi connectivity index (χ3v) is 5.11. The van der Waals surface area contributed by atoms with Gasteiger partial charge in [-0.15, -0.1) is 11.3 Å². The Hall–Kier alpha value is -1.47. The van der Waals surface area contributed by atoms with E-state index in [9.17, 15) is 14.7 Å². The summed E-state index contributed by atoms with van der Waals surface area (Å²) in [5, 5.41) is 16.5. The van der Waals surface area contributed by atoms with Crippen molar-refractivity contribution in [2.45, 2.75) is 51.2 Å². The maximum Gasteiger partial charge on any atom is 0.232 e. The minimum Gasteiger partial charge on any atom is -0.550 e. The molecule has 1 amide bonds. The summed E-state index contributed by atoms with van der Waals surface area (Å²) in [6.07, 6.45) is 0.679. The van der Waals surface area contributed by atoms with E-state index in [0.717, 1.165) is 12.1 Å². The van der Waals surface area contributed by atoms with Gasteiger partial charge in [-0.3, -0.25) is 4.79 Å². The number of carbonyl (C=O) groups excluding carboxylic acids is 2. The number of thiazole rings is 1. The van der Waals surface area contributed by atoms with E-state index in [4.69, 9.17) is 4.74 Å². The molecule has 0 radical (unpaired) electrons. The van der Waals surface area contributed by atoms with Crippen molar-refractivity contribution < 1.29 is 19.4 Å². The Balaban J connectivity index is 1.74. The summed E-state index contributed by atoms with van der Waals surface area (Å²) in [6.45, 7) is 6.14. The average molecular weight is 323 g/mol. The van der Waals surface area contributed by atoms with Gasteiger partial charge in [0, 0.05) is 22.7 Å². The number of aliphatic carboxylic acids is 1. The molecule has 2 fully saturated rings. The van der Waals surface area contributed by atoms with Crippen LogP contribution in [-0.4, -0.2) is 29.1 Å². The first-order chi connectivity index (χ1) is 10.3. The van der Waals surface area contributed by atoms with Crippen molar-refractivity contribution in [1.82, 2.24) is 4.98 Å². The number of nitrogens with zero attached hydrogens (tertiary/aromatic N) is 1. The summed E-state index contributed by atoms with van der Waals surface area (Å²) in [7, 11) is 0. The van der Waals surface area contributed by atoms with Gasteiger partial charge in [0.1, 0.15) is 0 Å². The zero-order valence-electron chi connectivity index (χ0n) is 12.8. The lowest BCUT2D eigenvalue weighted by atomic mass is 9.79. The Morgan fingerprint density at radius 2 is 1.95 bits per heavy atom. The highest BCUT2D eigenvalue weighted by molar-refractivity contribution is 7.13. The molecular weight excluding hydrogens is 304 g/mol.